The Morgan fingerprint density at radius 2 is 2.42 bits per heavy atom. The van der Waals surface area contributed by atoms with Crippen molar-refractivity contribution in [3.8, 4) is 5.75 Å². The molecule has 1 aromatic rings. The normalized spacial score (nSPS) is 19.4. The van der Waals surface area contributed by atoms with E-state index in [-0.39, 0.29) is 5.91 Å². The fourth-order valence-corrected chi connectivity index (χ4v) is 2.67. The van der Waals surface area contributed by atoms with Gasteiger partial charge in [-0.3, -0.25) is 9.69 Å². The molecule has 1 aliphatic rings. The number of amides is 1. The highest BCUT2D eigenvalue weighted by Gasteiger charge is 2.22. The number of carbonyl (C=O) groups is 1. The lowest BCUT2D eigenvalue weighted by Gasteiger charge is -2.16. The number of nitrogens with zero attached hydrogens (tertiary/aromatic N) is 1. The Balaban J connectivity index is 1.68. The fraction of sp³-hybridized carbons (Fsp3) is 0.500. The van der Waals surface area contributed by atoms with Crippen LogP contribution in [0.1, 0.15) is 13.3 Å². The molecule has 4 nitrogen and oxygen atoms in total. The molecule has 1 heterocycles. The van der Waals surface area contributed by atoms with Crippen molar-refractivity contribution >= 4 is 21.8 Å². The predicted octanol–water partition coefficient (Wildman–Crippen LogP) is 2.04. The van der Waals surface area contributed by atoms with Crippen molar-refractivity contribution < 1.29 is 9.53 Å². The first kappa shape index (κ1) is 14.3. The largest absolute Gasteiger partial charge is 0.492 e. The smallest absolute Gasteiger partial charge is 0.217 e. The van der Waals surface area contributed by atoms with E-state index in [1.807, 2.05) is 24.3 Å². The molecule has 1 unspecified atom stereocenters. The van der Waals surface area contributed by atoms with Gasteiger partial charge in [0, 0.05) is 37.1 Å². The molecule has 104 valence electrons. The van der Waals surface area contributed by atoms with Crippen LogP contribution >= 0.6 is 15.9 Å². The first-order valence-electron chi connectivity index (χ1n) is 6.51. The third-order valence-corrected chi connectivity index (χ3v) is 3.65. The Hall–Kier alpha value is -1.07. The predicted molar refractivity (Wildman–Crippen MR) is 78.3 cm³/mol. The Morgan fingerprint density at radius 3 is 3.16 bits per heavy atom. The molecule has 1 amide bonds. The number of ether oxygens (including phenoxy) is 1. The molecule has 0 aromatic heterocycles. The molecule has 1 fully saturated rings. The third-order valence-electron chi connectivity index (χ3n) is 3.15. The maximum absolute atomic E-state index is 11.0. The summed E-state index contributed by atoms with van der Waals surface area (Å²) in [5.41, 5.74) is 0. The Morgan fingerprint density at radius 1 is 1.58 bits per heavy atom. The molecule has 0 radical (unpaired) electrons. The lowest BCUT2D eigenvalue weighted by atomic mass is 10.3. The van der Waals surface area contributed by atoms with E-state index >= 15 is 0 Å². The second-order valence-electron chi connectivity index (χ2n) is 4.79. The van der Waals surface area contributed by atoms with Crippen molar-refractivity contribution in [1.82, 2.24) is 10.2 Å². The zero-order valence-corrected chi connectivity index (χ0v) is 12.6. The van der Waals surface area contributed by atoms with E-state index < -0.39 is 0 Å². The fourth-order valence-electron chi connectivity index (χ4n) is 2.29. The molecule has 0 aliphatic carbocycles. The molecule has 1 atom stereocenters. The summed E-state index contributed by atoms with van der Waals surface area (Å²) < 4.78 is 6.73. The van der Waals surface area contributed by atoms with E-state index in [0.717, 1.165) is 36.3 Å². The van der Waals surface area contributed by atoms with Crippen molar-refractivity contribution in [2.24, 2.45) is 0 Å². The molecule has 5 heteroatoms. The van der Waals surface area contributed by atoms with Crippen LogP contribution in [0, 0.1) is 0 Å². The number of nitrogens with one attached hydrogen (secondary N) is 1. The summed E-state index contributed by atoms with van der Waals surface area (Å²) in [6, 6.07) is 8.15. The number of likely N-dealkylation sites (tertiary alicyclic amines) is 1. The molecule has 19 heavy (non-hydrogen) atoms. The quantitative estimate of drug-likeness (QED) is 0.900. The van der Waals surface area contributed by atoms with E-state index in [1.165, 1.54) is 0 Å². The van der Waals surface area contributed by atoms with Crippen LogP contribution in [-0.4, -0.2) is 43.1 Å². The highest BCUT2D eigenvalue weighted by molar-refractivity contribution is 9.10. The topological polar surface area (TPSA) is 41.6 Å². The molecule has 1 aliphatic heterocycles. The van der Waals surface area contributed by atoms with Gasteiger partial charge in [0.05, 0.1) is 0 Å². The number of benzene rings is 1. The van der Waals surface area contributed by atoms with Gasteiger partial charge in [0.2, 0.25) is 5.91 Å². The van der Waals surface area contributed by atoms with Crippen LogP contribution in [-0.2, 0) is 4.79 Å². The Bertz CT molecular complexity index is 439. The lowest BCUT2D eigenvalue weighted by molar-refractivity contribution is -0.119. The average molecular weight is 327 g/mol. The van der Waals surface area contributed by atoms with Crippen molar-refractivity contribution in [3.63, 3.8) is 0 Å². The van der Waals surface area contributed by atoms with Crippen LogP contribution < -0.4 is 10.1 Å². The standard InChI is InChI=1S/C14H19BrN2O2/c1-11(18)16-13-5-6-17(10-13)7-8-19-14-4-2-3-12(15)9-14/h2-4,9,13H,5-8,10H2,1H3,(H,16,18). The Labute approximate surface area is 122 Å². The minimum Gasteiger partial charge on any atom is -0.492 e. The van der Waals surface area contributed by atoms with E-state index in [9.17, 15) is 4.79 Å². The van der Waals surface area contributed by atoms with Crippen LogP contribution in [0.5, 0.6) is 5.75 Å². The molecule has 0 bridgehead atoms. The SMILES string of the molecule is CC(=O)NC1CCN(CCOc2cccc(Br)c2)C1. The number of hydrogen-bond donors (Lipinski definition) is 1. The highest BCUT2D eigenvalue weighted by atomic mass is 79.9. The molecule has 1 N–H and O–H groups in total. The minimum absolute atomic E-state index is 0.0530. The van der Waals surface area contributed by atoms with Crippen molar-refractivity contribution in [2.45, 2.75) is 19.4 Å². The molecule has 1 aromatic carbocycles. The zero-order chi connectivity index (χ0) is 13.7. The van der Waals surface area contributed by atoms with Crippen molar-refractivity contribution in [2.75, 3.05) is 26.2 Å². The second-order valence-corrected chi connectivity index (χ2v) is 5.71. The van der Waals surface area contributed by atoms with Gasteiger partial charge in [-0.15, -0.1) is 0 Å². The molecule has 1 saturated heterocycles. The number of hydrogen-bond acceptors (Lipinski definition) is 3. The molecule has 2 rings (SSSR count). The summed E-state index contributed by atoms with van der Waals surface area (Å²) in [4.78, 5) is 13.3. The first-order valence-corrected chi connectivity index (χ1v) is 7.30. The number of carbonyl (C=O) groups excluding carboxylic acids is 1. The van der Waals surface area contributed by atoms with Gasteiger partial charge < -0.3 is 10.1 Å². The van der Waals surface area contributed by atoms with Gasteiger partial charge in [-0.05, 0) is 24.6 Å². The average Bonchev–Trinajstić information content (AvgIpc) is 2.76. The molecule has 0 saturated carbocycles. The molecular formula is C14H19BrN2O2. The zero-order valence-electron chi connectivity index (χ0n) is 11.1. The molecular weight excluding hydrogens is 308 g/mol. The van der Waals surface area contributed by atoms with Gasteiger partial charge in [-0.25, -0.2) is 0 Å². The summed E-state index contributed by atoms with van der Waals surface area (Å²) in [5, 5.41) is 2.96. The lowest BCUT2D eigenvalue weighted by Crippen LogP contribution is -2.36. The molecule has 0 spiro atoms. The van der Waals surface area contributed by atoms with Gasteiger partial charge in [0.15, 0.2) is 0 Å². The van der Waals surface area contributed by atoms with Crippen LogP contribution in [0.2, 0.25) is 0 Å². The van der Waals surface area contributed by atoms with Crippen molar-refractivity contribution in [1.29, 1.82) is 0 Å². The van der Waals surface area contributed by atoms with Crippen LogP contribution in [0.4, 0.5) is 0 Å². The highest BCUT2D eigenvalue weighted by Crippen LogP contribution is 2.17. The van der Waals surface area contributed by atoms with Gasteiger partial charge >= 0.3 is 0 Å². The third kappa shape index (κ3) is 4.84. The van der Waals surface area contributed by atoms with Gasteiger partial charge in [-0.1, -0.05) is 22.0 Å². The second kappa shape index (κ2) is 6.91. The van der Waals surface area contributed by atoms with Crippen LogP contribution in [0.25, 0.3) is 0 Å². The van der Waals surface area contributed by atoms with Crippen LogP contribution in [0.15, 0.2) is 28.7 Å². The summed E-state index contributed by atoms with van der Waals surface area (Å²) in [7, 11) is 0. The Kier molecular flexibility index (Phi) is 5.22. The summed E-state index contributed by atoms with van der Waals surface area (Å²) >= 11 is 3.42. The maximum atomic E-state index is 11.0. The van der Waals surface area contributed by atoms with Crippen LogP contribution in [0.3, 0.4) is 0 Å². The summed E-state index contributed by atoms with van der Waals surface area (Å²) in [5.74, 6) is 0.934. The number of rotatable bonds is 5. The summed E-state index contributed by atoms with van der Waals surface area (Å²) in [6.45, 7) is 5.07. The van der Waals surface area contributed by atoms with Gasteiger partial charge in [0.25, 0.3) is 0 Å². The monoisotopic (exact) mass is 326 g/mol. The van der Waals surface area contributed by atoms with E-state index in [0.29, 0.717) is 12.6 Å². The van der Waals surface area contributed by atoms with E-state index in [1.54, 1.807) is 6.92 Å². The van der Waals surface area contributed by atoms with Crippen molar-refractivity contribution in [3.05, 3.63) is 28.7 Å². The van der Waals surface area contributed by atoms with E-state index in [4.69, 9.17) is 4.74 Å². The van der Waals surface area contributed by atoms with Gasteiger partial charge in [0.1, 0.15) is 12.4 Å². The number of halogens is 1. The van der Waals surface area contributed by atoms with E-state index in [2.05, 4.69) is 26.1 Å². The maximum Gasteiger partial charge on any atom is 0.217 e. The first-order chi connectivity index (χ1) is 9.13. The summed E-state index contributed by atoms with van der Waals surface area (Å²) in [6.07, 6.45) is 1.02. The minimum atomic E-state index is 0.0530. The van der Waals surface area contributed by atoms with Gasteiger partial charge in [-0.2, -0.15) is 0 Å².